The molecule has 86 valence electrons. The van der Waals surface area contributed by atoms with Gasteiger partial charge in [-0.2, -0.15) is 11.8 Å². The number of aromatic amines is 1. The maximum Gasteiger partial charge on any atom is 0.354 e. The second-order valence-corrected chi connectivity index (χ2v) is 4.93. The SMILES string of the molecule is O=C(O)c1cc(=O)[nH]c(C2CCSCC2)n1. The van der Waals surface area contributed by atoms with Gasteiger partial charge < -0.3 is 10.1 Å². The number of rotatable bonds is 2. The predicted molar refractivity (Wildman–Crippen MR) is 61.1 cm³/mol. The Morgan fingerprint density at radius 2 is 2.19 bits per heavy atom. The molecular formula is C10H12N2O3S. The first kappa shape index (κ1) is 11.2. The van der Waals surface area contributed by atoms with Gasteiger partial charge in [0.25, 0.3) is 5.56 Å². The molecular weight excluding hydrogens is 228 g/mol. The van der Waals surface area contributed by atoms with Crippen LogP contribution in [0.2, 0.25) is 0 Å². The van der Waals surface area contributed by atoms with Crippen molar-refractivity contribution in [3.05, 3.63) is 27.9 Å². The Hall–Kier alpha value is -1.30. The number of aromatic nitrogens is 2. The molecule has 16 heavy (non-hydrogen) atoms. The van der Waals surface area contributed by atoms with Gasteiger partial charge in [-0.15, -0.1) is 0 Å². The highest BCUT2D eigenvalue weighted by Gasteiger charge is 2.19. The maximum atomic E-state index is 11.3. The molecule has 1 aromatic heterocycles. The van der Waals surface area contributed by atoms with E-state index in [9.17, 15) is 9.59 Å². The van der Waals surface area contributed by atoms with Crippen LogP contribution in [0.5, 0.6) is 0 Å². The number of carboxylic acid groups (broad SMARTS) is 1. The van der Waals surface area contributed by atoms with Crippen LogP contribution in [0.3, 0.4) is 0 Å². The Labute approximate surface area is 96.3 Å². The number of thioether (sulfide) groups is 1. The number of carbonyl (C=O) groups is 1. The van der Waals surface area contributed by atoms with Crippen molar-refractivity contribution in [3.8, 4) is 0 Å². The quantitative estimate of drug-likeness (QED) is 0.808. The first-order chi connectivity index (χ1) is 7.66. The van der Waals surface area contributed by atoms with E-state index in [4.69, 9.17) is 5.11 Å². The Bertz CT molecular complexity index is 452. The average Bonchev–Trinajstić information content (AvgIpc) is 2.29. The van der Waals surface area contributed by atoms with Crippen LogP contribution in [0.25, 0.3) is 0 Å². The van der Waals surface area contributed by atoms with E-state index in [0.29, 0.717) is 5.82 Å². The topological polar surface area (TPSA) is 83.0 Å². The van der Waals surface area contributed by atoms with E-state index in [1.165, 1.54) is 0 Å². The largest absolute Gasteiger partial charge is 0.477 e. The molecule has 2 rings (SSSR count). The van der Waals surface area contributed by atoms with Crippen molar-refractivity contribution in [1.29, 1.82) is 0 Å². The van der Waals surface area contributed by atoms with E-state index in [-0.39, 0.29) is 17.2 Å². The van der Waals surface area contributed by atoms with Crippen molar-refractivity contribution in [2.24, 2.45) is 0 Å². The van der Waals surface area contributed by atoms with E-state index in [1.807, 2.05) is 11.8 Å². The van der Waals surface area contributed by atoms with E-state index < -0.39 is 5.97 Å². The van der Waals surface area contributed by atoms with Crippen molar-refractivity contribution in [2.75, 3.05) is 11.5 Å². The van der Waals surface area contributed by atoms with Gasteiger partial charge in [-0.25, -0.2) is 9.78 Å². The number of hydrogen-bond donors (Lipinski definition) is 2. The fraction of sp³-hybridized carbons (Fsp3) is 0.500. The van der Waals surface area contributed by atoms with Crippen molar-refractivity contribution >= 4 is 17.7 Å². The molecule has 0 spiro atoms. The molecule has 0 unspecified atom stereocenters. The summed E-state index contributed by atoms with van der Waals surface area (Å²) in [5.74, 6) is 1.62. The highest BCUT2D eigenvalue weighted by molar-refractivity contribution is 7.99. The van der Waals surface area contributed by atoms with Crippen LogP contribution < -0.4 is 5.56 Å². The summed E-state index contributed by atoms with van der Waals surface area (Å²) in [6.45, 7) is 0. The number of carboxylic acids is 1. The zero-order valence-electron chi connectivity index (χ0n) is 8.60. The molecule has 1 fully saturated rings. The molecule has 0 radical (unpaired) electrons. The molecule has 5 nitrogen and oxygen atoms in total. The van der Waals surface area contributed by atoms with Crippen LogP contribution in [0, 0.1) is 0 Å². The van der Waals surface area contributed by atoms with E-state index in [2.05, 4.69) is 9.97 Å². The lowest BCUT2D eigenvalue weighted by Crippen LogP contribution is -2.20. The maximum absolute atomic E-state index is 11.3. The van der Waals surface area contributed by atoms with Gasteiger partial charge in [0, 0.05) is 12.0 Å². The molecule has 0 aliphatic carbocycles. The lowest BCUT2D eigenvalue weighted by atomic mass is 10.0. The predicted octanol–water partition coefficient (Wildman–Crippen LogP) is 1.08. The number of nitrogens with one attached hydrogen (secondary N) is 1. The normalized spacial score (nSPS) is 17.2. The summed E-state index contributed by atoms with van der Waals surface area (Å²) in [6, 6.07) is 1.02. The molecule has 1 aliphatic rings. The highest BCUT2D eigenvalue weighted by atomic mass is 32.2. The van der Waals surface area contributed by atoms with Gasteiger partial charge in [-0.05, 0) is 24.3 Å². The van der Waals surface area contributed by atoms with Crippen LogP contribution >= 0.6 is 11.8 Å². The molecule has 1 aliphatic heterocycles. The smallest absolute Gasteiger partial charge is 0.354 e. The van der Waals surface area contributed by atoms with Gasteiger partial charge in [0.2, 0.25) is 0 Å². The fourth-order valence-electron chi connectivity index (χ4n) is 1.75. The third-order valence-corrected chi connectivity index (χ3v) is 3.64. The van der Waals surface area contributed by atoms with Crippen LogP contribution in [-0.2, 0) is 0 Å². The minimum absolute atomic E-state index is 0.169. The molecule has 0 amide bonds. The monoisotopic (exact) mass is 240 g/mol. The standard InChI is InChI=1S/C10H12N2O3S/c13-8-5-7(10(14)15)11-9(12-8)6-1-3-16-4-2-6/h5-6H,1-4H2,(H,14,15)(H,11,12,13). The van der Waals surface area contributed by atoms with E-state index >= 15 is 0 Å². The first-order valence-corrected chi connectivity index (χ1v) is 6.24. The fourth-order valence-corrected chi connectivity index (χ4v) is 2.86. The lowest BCUT2D eigenvalue weighted by molar-refractivity contribution is 0.0689. The van der Waals surface area contributed by atoms with Gasteiger partial charge >= 0.3 is 5.97 Å². The van der Waals surface area contributed by atoms with Crippen molar-refractivity contribution in [1.82, 2.24) is 9.97 Å². The first-order valence-electron chi connectivity index (χ1n) is 5.09. The van der Waals surface area contributed by atoms with Crippen molar-refractivity contribution in [2.45, 2.75) is 18.8 Å². The summed E-state index contributed by atoms with van der Waals surface area (Å²) >= 11 is 1.87. The zero-order valence-corrected chi connectivity index (χ0v) is 9.42. The van der Waals surface area contributed by atoms with Crippen LogP contribution in [-0.4, -0.2) is 32.5 Å². The van der Waals surface area contributed by atoms with Crippen molar-refractivity contribution < 1.29 is 9.90 Å². The summed E-state index contributed by atoms with van der Waals surface area (Å²) in [7, 11) is 0. The Morgan fingerprint density at radius 1 is 1.50 bits per heavy atom. The van der Waals surface area contributed by atoms with E-state index in [1.54, 1.807) is 0 Å². The van der Waals surface area contributed by atoms with Crippen LogP contribution in [0.4, 0.5) is 0 Å². The minimum atomic E-state index is -1.16. The summed E-state index contributed by atoms with van der Waals surface area (Å²) in [5.41, 5.74) is -0.558. The average molecular weight is 240 g/mol. The summed E-state index contributed by atoms with van der Waals surface area (Å²) in [4.78, 5) is 28.7. The number of nitrogens with zero attached hydrogens (tertiary/aromatic N) is 1. The number of hydrogen-bond acceptors (Lipinski definition) is 4. The lowest BCUT2D eigenvalue weighted by Gasteiger charge is -2.20. The molecule has 1 saturated heterocycles. The Morgan fingerprint density at radius 3 is 2.81 bits per heavy atom. The third-order valence-electron chi connectivity index (χ3n) is 2.59. The molecule has 0 saturated carbocycles. The molecule has 0 atom stereocenters. The van der Waals surface area contributed by atoms with Gasteiger partial charge in [0.15, 0.2) is 5.69 Å². The van der Waals surface area contributed by atoms with Crippen LogP contribution in [0.15, 0.2) is 10.9 Å². The van der Waals surface area contributed by atoms with Crippen molar-refractivity contribution in [3.63, 3.8) is 0 Å². The number of aromatic carboxylic acids is 1. The van der Waals surface area contributed by atoms with Gasteiger partial charge in [-0.3, -0.25) is 4.79 Å². The second-order valence-electron chi connectivity index (χ2n) is 3.71. The molecule has 0 bridgehead atoms. The van der Waals surface area contributed by atoms with Gasteiger partial charge in [0.1, 0.15) is 5.82 Å². The Kier molecular flexibility index (Phi) is 3.28. The summed E-state index contributed by atoms with van der Waals surface area (Å²) < 4.78 is 0. The molecule has 6 heteroatoms. The van der Waals surface area contributed by atoms with Gasteiger partial charge in [0.05, 0.1) is 0 Å². The van der Waals surface area contributed by atoms with Crippen LogP contribution in [0.1, 0.15) is 35.1 Å². The second kappa shape index (κ2) is 4.69. The zero-order chi connectivity index (χ0) is 11.5. The van der Waals surface area contributed by atoms with E-state index in [0.717, 1.165) is 30.4 Å². The molecule has 1 aromatic rings. The minimum Gasteiger partial charge on any atom is -0.477 e. The van der Waals surface area contributed by atoms with Gasteiger partial charge in [-0.1, -0.05) is 0 Å². The summed E-state index contributed by atoms with van der Waals surface area (Å²) in [6.07, 6.45) is 1.88. The molecule has 2 N–H and O–H groups in total. The summed E-state index contributed by atoms with van der Waals surface area (Å²) in [5, 5.41) is 8.81. The highest BCUT2D eigenvalue weighted by Crippen LogP contribution is 2.28. The third kappa shape index (κ3) is 2.44. The molecule has 0 aromatic carbocycles. The molecule has 2 heterocycles. The number of H-pyrrole nitrogens is 1. The Balaban J connectivity index is 2.32.